The SMILES string of the molecule is CCN(CCN(C(=O)[O-])c1ccc(C)c(N(CCN(CC)S(=O)(=O)C(F)(F)C(F)(F)C(F)(F)C(F)(F)C(F)(F)C(F)(F)C(F)(F)C(F)(F)F)C(=O)[O-])c1)S(=O)(=O)C(F)(F)C(F)(F)C(F)(F)C(F)(F)C(F)(F)C(F)(F)C(F)(F)C(F)(F)F. The van der Waals surface area contributed by atoms with E-state index in [0.29, 0.717) is 19.1 Å². The summed E-state index contributed by atoms with van der Waals surface area (Å²) in [6.45, 7) is -11.9. The van der Waals surface area contributed by atoms with E-state index in [1.807, 2.05) is 0 Å². The topological polar surface area (TPSA) is 161 Å². The Hall–Kier alpha value is -4.80. The van der Waals surface area contributed by atoms with Crippen LogP contribution in [0.5, 0.6) is 0 Å². The van der Waals surface area contributed by atoms with Crippen LogP contribution in [0.2, 0.25) is 0 Å². The summed E-state index contributed by atoms with van der Waals surface area (Å²) < 4.78 is 518. The third-order valence-electron chi connectivity index (χ3n) is 10.8. The molecular weight excluding hydrogens is 1290 g/mol. The highest BCUT2D eigenvalue weighted by molar-refractivity contribution is 7.90. The van der Waals surface area contributed by atoms with Gasteiger partial charge in [-0.15, -0.1) is 0 Å². The zero-order valence-electron chi connectivity index (χ0n) is 38.2. The predicted octanol–water partition coefficient (Wildman–Crippen LogP) is 9.53. The summed E-state index contributed by atoms with van der Waals surface area (Å²) in [5.74, 6) is -108. The van der Waals surface area contributed by atoms with Crippen molar-refractivity contribution in [2.24, 2.45) is 0 Å². The molecule has 0 aromatic heterocycles. The van der Waals surface area contributed by atoms with Gasteiger partial charge in [-0.3, -0.25) is 0 Å². The maximum atomic E-state index is 15.0. The fraction of sp³-hybridized carbons (Fsp3) is 0.758. The molecule has 2 amide bonds. The lowest BCUT2D eigenvalue weighted by Crippen LogP contribution is -2.75. The van der Waals surface area contributed by atoms with Gasteiger partial charge in [-0.05, 0) is 24.6 Å². The van der Waals surface area contributed by atoms with Gasteiger partial charge in [0.05, 0.1) is 0 Å². The molecule has 1 aromatic rings. The predicted molar refractivity (Wildman–Crippen MR) is 190 cm³/mol. The van der Waals surface area contributed by atoms with Gasteiger partial charge in [0, 0.05) is 50.6 Å². The lowest BCUT2D eigenvalue weighted by molar-refractivity contribution is -0.458. The molecule has 0 unspecified atom stereocenters. The smallest absolute Gasteiger partial charge is 0.460 e. The number of anilines is 2. The van der Waals surface area contributed by atoms with Gasteiger partial charge in [-0.25, -0.2) is 16.8 Å². The van der Waals surface area contributed by atoms with E-state index in [0.717, 1.165) is 0 Å². The fourth-order valence-corrected chi connectivity index (χ4v) is 8.84. The number of amides is 2. The number of rotatable bonds is 26. The third-order valence-corrected chi connectivity index (χ3v) is 14.9. The van der Waals surface area contributed by atoms with Gasteiger partial charge in [0.25, 0.3) is 20.0 Å². The first kappa shape index (κ1) is 74.2. The van der Waals surface area contributed by atoms with Crippen molar-refractivity contribution < 1.29 is 186 Å². The molecule has 0 aliphatic heterocycles. The molecule has 0 N–H and O–H groups in total. The van der Waals surface area contributed by atoms with Crippen molar-refractivity contribution in [2.45, 2.75) is 115 Å². The lowest BCUT2D eigenvalue weighted by Gasteiger charge is -2.43. The van der Waals surface area contributed by atoms with Crippen LogP contribution in [0, 0.1) is 6.92 Å². The molecule has 476 valence electrons. The van der Waals surface area contributed by atoms with Crippen molar-refractivity contribution in [1.29, 1.82) is 0 Å². The number of likely N-dealkylation sites (N-methyl/N-ethyl adjacent to an activating group) is 2. The highest BCUT2D eigenvalue weighted by Gasteiger charge is 2.98. The monoisotopic (exact) mass is 1310 g/mol. The average molecular weight is 1310 g/mol. The molecule has 12 nitrogen and oxygen atoms in total. The summed E-state index contributed by atoms with van der Waals surface area (Å²) in [5.41, 5.74) is -3.48. The van der Waals surface area contributed by atoms with Gasteiger partial charge in [-0.1, -0.05) is 19.9 Å². The van der Waals surface area contributed by atoms with Crippen molar-refractivity contribution >= 4 is 43.6 Å². The summed E-state index contributed by atoms with van der Waals surface area (Å²) in [6.07, 6.45) is -22.1. The van der Waals surface area contributed by atoms with Crippen LogP contribution in [0.25, 0.3) is 0 Å². The van der Waals surface area contributed by atoms with Crippen molar-refractivity contribution in [1.82, 2.24) is 8.61 Å². The Bertz CT molecular complexity index is 2700. The Morgan fingerprint density at radius 1 is 0.383 bits per heavy atom. The van der Waals surface area contributed by atoms with Gasteiger partial charge in [0.15, 0.2) is 0 Å². The normalized spacial score (nSPS) is 15.6. The van der Waals surface area contributed by atoms with E-state index in [9.17, 15) is 186 Å². The molecule has 48 heteroatoms. The van der Waals surface area contributed by atoms with Gasteiger partial charge in [-0.2, -0.15) is 158 Å². The Morgan fingerprint density at radius 3 is 0.852 bits per heavy atom. The minimum Gasteiger partial charge on any atom is -0.530 e. The van der Waals surface area contributed by atoms with E-state index in [-0.39, 0.29) is 19.9 Å². The van der Waals surface area contributed by atoms with Crippen LogP contribution in [-0.2, 0) is 20.0 Å². The number of halogens is 34. The largest absolute Gasteiger partial charge is 0.530 e. The number of hydrogen-bond donors (Lipinski definition) is 0. The fourth-order valence-electron chi connectivity index (χ4n) is 5.96. The average Bonchev–Trinajstić information content (AvgIpc) is 3.27. The number of aryl methyl sites for hydroxylation is 1. The van der Waals surface area contributed by atoms with Crippen LogP contribution in [0.3, 0.4) is 0 Å². The number of nitrogens with zero attached hydrogens (tertiary/aromatic N) is 4. The van der Waals surface area contributed by atoms with Crippen molar-refractivity contribution in [3.8, 4) is 0 Å². The van der Waals surface area contributed by atoms with Gasteiger partial charge in [0.1, 0.15) is 12.2 Å². The number of hydrogen-bond acceptors (Lipinski definition) is 8. The summed E-state index contributed by atoms with van der Waals surface area (Å²) >= 11 is 0. The van der Waals surface area contributed by atoms with Crippen molar-refractivity contribution in [3.05, 3.63) is 23.8 Å². The second kappa shape index (κ2) is 21.4. The number of sulfonamides is 2. The minimum atomic E-state index is -9.28. The molecule has 81 heavy (non-hydrogen) atoms. The Balaban J connectivity index is 3.85. The molecule has 0 bridgehead atoms. The van der Waals surface area contributed by atoms with E-state index >= 15 is 0 Å². The molecule has 0 aliphatic carbocycles. The number of carbonyl (C=O) groups excluding carboxylic acids is 2. The molecule has 0 saturated carbocycles. The van der Waals surface area contributed by atoms with Crippen LogP contribution < -0.4 is 20.0 Å². The number of benzene rings is 1. The van der Waals surface area contributed by atoms with Gasteiger partial charge >= 0.3 is 93.9 Å². The van der Waals surface area contributed by atoms with Crippen LogP contribution in [0.15, 0.2) is 18.2 Å². The minimum absolute atomic E-state index is 0.0101. The third kappa shape index (κ3) is 10.7. The van der Waals surface area contributed by atoms with Crippen molar-refractivity contribution in [2.75, 3.05) is 49.1 Å². The van der Waals surface area contributed by atoms with E-state index in [2.05, 4.69) is 0 Å². The highest BCUT2D eigenvalue weighted by Crippen LogP contribution is 2.67. The van der Waals surface area contributed by atoms with Crippen molar-refractivity contribution in [3.63, 3.8) is 0 Å². The quantitative estimate of drug-likeness (QED) is 0.0829. The van der Waals surface area contributed by atoms with Gasteiger partial charge < -0.3 is 29.6 Å². The molecule has 0 spiro atoms. The first-order valence-corrected chi connectivity index (χ1v) is 22.5. The van der Waals surface area contributed by atoms with Crippen LogP contribution in [-0.4, -0.2) is 171 Å². The molecule has 0 fully saturated rings. The summed E-state index contributed by atoms with van der Waals surface area (Å²) in [5, 5.41) is 7.77. The molecule has 0 heterocycles. The molecule has 0 atom stereocenters. The second-order valence-electron chi connectivity index (χ2n) is 15.7. The molecule has 1 rings (SSSR count). The lowest BCUT2D eigenvalue weighted by atomic mass is 9.91. The molecule has 0 radical (unpaired) electrons. The maximum absolute atomic E-state index is 15.0. The molecule has 0 aliphatic rings. The van der Waals surface area contributed by atoms with E-state index in [1.54, 1.807) is 0 Å². The zero-order chi connectivity index (χ0) is 65.6. The van der Waals surface area contributed by atoms with Crippen LogP contribution in [0.4, 0.5) is 170 Å². The zero-order valence-corrected chi connectivity index (χ0v) is 39.8. The van der Waals surface area contributed by atoms with E-state index < -0.39 is 201 Å². The first-order valence-electron chi connectivity index (χ1n) is 19.6. The van der Waals surface area contributed by atoms with Gasteiger partial charge in [0.2, 0.25) is 0 Å². The second-order valence-corrected chi connectivity index (χ2v) is 19.7. The number of carbonyl (C=O) groups is 2. The summed E-state index contributed by atoms with van der Waals surface area (Å²) in [7, 11) is -16.3. The number of carboxylic acid groups (broad SMARTS) is 2. The van der Waals surface area contributed by atoms with E-state index in [4.69, 9.17) is 0 Å². The first-order chi connectivity index (χ1) is 35.1. The van der Waals surface area contributed by atoms with Crippen LogP contribution in [0.1, 0.15) is 19.4 Å². The maximum Gasteiger partial charge on any atom is 0.460 e. The molecule has 1 aromatic carbocycles. The Labute approximate surface area is 425 Å². The molecule has 0 saturated heterocycles. The summed E-state index contributed by atoms with van der Waals surface area (Å²) in [6, 6.07) is 0.687. The highest BCUT2D eigenvalue weighted by atomic mass is 32.2. The van der Waals surface area contributed by atoms with Crippen LogP contribution >= 0.6 is 0 Å². The Kier molecular flexibility index (Phi) is 19.6. The molecular formula is C33H24F34N4O8S2-2. The van der Waals surface area contributed by atoms with E-state index in [1.165, 1.54) is 0 Å². The summed E-state index contributed by atoms with van der Waals surface area (Å²) in [4.78, 5) is 22.9. The standard InChI is InChI=1S/C33H26F34N4O8S2/c1-4-68(80(76,77)32(64,65)28(54,55)24(46,47)20(38,39)18(34,35)22(42,43)26(50,51)30(58,59)60)8-10-70(16(72)73)14-7-6-13(3)15(12-14)71(17(74)75)11-9-69(5-2)81(78,79)33(66,67)29(56,57)25(48,49)21(40,41)19(36,37)23(44,45)27(52,53)31(61,62)63/h6-7,12H,4-5,8-11H2,1-3H3,(H,72,73)(H,74,75)/p-2. The number of alkyl halides is 34. The Morgan fingerprint density at radius 2 is 0.617 bits per heavy atom.